The third-order valence-corrected chi connectivity index (χ3v) is 5.04. The van der Waals surface area contributed by atoms with Crippen LogP contribution in [0.15, 0.2) is 103 Å². The maximum Gasteiger partial charge on any atom is 0.229 e. The van der Waals surface area contributed by atoms with Crippen molar-refractivity contribution in [3.63, 3.8) is 0 Å². The number of benzene rings is 3. The van der Waals surface area contributed by atoms with Gasteiger partial charge in [0.1, 0.15) is 6.07 Å². The molecule has 4 nitrogen and oxygen atoms in total. The van der Waals surface area contributed by atoms with Crippen molar-refractivity contribution >= 4 is 11.6 Å². The van der Waals surface area contributed by atoms with Crippen LogP contribution < -0.4 is 5.32 Å². The molecule has 4 heteroatoms. The Morgan fingerprint density at radius 2 is 1.48 bits per heavy atom. The van der Waals surface area contributed by atoms with Crippen molar-refractivity contribution in [1.82, 2.24) is 4.98 Å². The van der Waals surface area contributed by atoms with Gasteiger partial charge in [-0.3, -0.25) is 9.78 Å². The SMILES string of the molecule is N#Cc1cnccc1-c1ccc(NC(=O)[CH]C(c2ccccc2)c2ccccc2)cc1. The maximum absolute atomic E-state index is 12.8. The second-order valence-corrected chi connectivity index (χ2v) is 7.07. The molecule has 0 unspecified atom stereocenters. The molecule has 0 spiro atoms. The number of nitriles is 1. The van der Waals surface area contributed by atoms with E-state index in [2.05, 4.69) is 16.4 Å². The molecular weight excluding hydrogens is 382 g/mol. The average Bonchev–Trinajstić information content (AvgIpc) is 2.84. The van der Waals surface area contributed by atoms with E-state index in [1.54, 1.807) is 18.8 Å². The molecule has 4 aromatic rings. The summed E-state index contributed by atoms with van der Waals surface area (Å²) >= 11 is 0. The van der Waals surface area contributed by atoms with Crippen LogP contribution in [0.3, 0.4) is 0 Å². The largest absolute Gasteiger partial charge is 0.326 e. The first kappa shape index (κ1) is 20.1. The van der Waals surface area contributed by atoms with Gasteiger partial charge in [0.25, 0.3) is 0 Å². The maximum atomic E-state index is 12.8. The number of carbonyl (C=O) groups is 1. The van der Waals surface area contributed by atoms with E-state index < -0.39 is 0 Å². The summed E-state index contributed by atoms with van der Waals surface area (Å²) in [6, 6.07) is 31.4. The number of rotatable bonds is 6. The summed E-state index contributed by atoms with van der Waals surface area (Å²) in [6.45, 7) is 0. The average molecular weight is 402 g/mol. The number of pyridine rings is 1. The Morgan fingerprint density at radius 3 is 2.06 bits per heavy atom. The second kappa shape index (κ2) is 9.51. The quantitative estimate of drug-likeness (QED) is 0.457. The fraction of sp³-hybridized carbons (Fsp3) is 0.0370. The van der Waals surface area contributed by atoms with Crippen LogP contribution in [0.2, 0.25) is 0 Å². The highest BCUT2D eigenvalue weighted by Gasteiger charge is 2.18. The van der Waals surface area contributed by atoms with E-state index in [1.165, 1.54) is 0 Å². The molecule has 0 bridgehead atoms. The van der Waals surface area contributed by atoms with Crippen molar-refractivity contribution in [2.75, 3.05) is 5.32 Å². The summed E-state index contributed by atoms with van der Waals surface area (Å²) in [5, 5.41) is 12.2. The predicted molar refractivity (Wildman–Crippen MR) is 122 cm³/mol. The van der Waals surface area contributed by atoms with Crippen LogP contribution in [0, 0.1) is 17.8 Å². The molecule has 1 aromatic heterocycles. The van der Waals surface area contributed by atoms with Crippen LogP contribution in [-0.2, 0) is 4.79 Å². The minimum Gasteiger partial charge on any atom is -0.326 e. The van der Waals surface area contributed by atoms with Crippen LogP contribution in [0.4, 0.5) is 5.69 Å². The van der Waals surface area contributed by atoms with Gasteiger partial charge in [-0.15, -0.1) is 0 Å². The summed E-state index contributed by atoms with van der Waals surface area (Å²) in [5.41, 5.74) is 5.03. The van der Waals surface area contributed by atoms with Crippen LogP contribution in [-0.4, -0.2) is 10.9 Å². The molecule has 31 heavy (non-hydrogen) atoms. The normalized spacial score (nSPS) is 10.5. The summed E-state index contributed by atoms with van der Waals surface area (Å²) in [5.74, 6) is -0.316. The van der Waals surface area contributed by atoms with Gasteiger partial charge in [-0.25, -0.2) is 0 Å². The highest BCUT2D eigenvalue weighted by atomic mass is 16.1. The van der Waals surface area contributed by atoms with Gasteiger partial charge < -0.3 is 5.32 Å². The van der Waals surface area contributed by atoms with Crippen molar-refractivity contribution in [3.8, 4) is 17.2 Å². The lowest BCUT2D eigenvalue weighted by atomic mass is 9.88. The lowest BCUT2D eigenvalue weighted by Crippen LogP contribution is -2.17. The van der Waals surface area contributed by atoms with Crippen LogP contribution in [0.1, 0.15) is 22.6 Å². The van der Waals surface area contributed by atoms with Crippen molar-refractivity contribution in [1.29, 1.82) is 5.26 Å². The molecule has 1 amide bonds. The Labute approximate surface area is 181 Å². The van der Waals surface area contributed by atoms with E-state index in [-0.39, 0.29) is 11.8 Å². The predicted octanol–water partition coefficient (Wildman–Crippen LogP) is 5.60. The zero-order valence-corrected chi connectivity index (χ0v) is 16.8. The van der Waals surface area contributed by atoms with Gasteiger partial charge >= 0.3 is 0 Å². The molecule has 1 heterocycles. The fourth-order valence-corrected chi connectivity index (χ4v) is 3.51. The number of anilines is 1. The monoisotopic (exact) mass is 402 g/mol. The summed E-state index contributed by atoms with van der Waals surface area (Å²) in [7, 11) is 0. The van der Waals surface area contributed by atoms with Gasteiger partial charge in [-0.05, 0) is 34.9 Å². The summed E-state index contributed by atoms with van der Waals surface area (Å²) in [6.07, 6.45) is 4.91. The van der Waals surface area contributed by atoms with Crippen LogP contribution in [0.25, 0.3) is 11.1 Å². The lowest BCUT2D eigenvalue weighted by Gasteiger charge is -2.17. The molecule has 0 aliphatic carbocycles. The van der Waals surface area contributed by atoms with Gasteiger partial charge in [0, 0.05) is 29.6 Å². The Morgan fingerprint density at radius 1 is 0.871 bits per heavy atom. The first-order valence-corrected chi connectivity index (χ1v) is 9.95. The molecule has 1 radical (unpaired) electrons. The van der Waals surface area contributed by atoms with Gasteiger partial charge in [0.15, 0.2) is 0 Å². The van der Waals surface area contributed by atoms with Crippen molar-refractivity contribution in [3.05, 3.63) is 127 Å². The molecule has 0 atom stereocenters. The van der Waals surface area contributed by atoms with E-state index in [0.29, 0.717) is 11.3 Å². The minimum atomic E-state index is -0.174. The molecule has 0 saturated heterocycles. The second-order valence-electron chi connectivity index (χ2n) is 7.07. The number of hydrogen-bond donors (Lipinski definition) is 1. The van der Waals surface area contributed by atoms with Gasteiger partial charge in [0.05, 0.1) is 12.0 Å². The summed E-state index contributed by atoms with van der Waals surface area (Å²) < 4.78 is 0. The molecule has 0 saturated carbocycles. The van der Waals surface area contributed by atoms with Crippen molar-refractivity contribution in [2.45, 2.75) is 5.92 Å². The Hall–Kier alpha value is -4.23. The van der Waals surface area contributed by atoms with Gasteiger partial charge in [0.2, 0.25) is 5.91 Å². The first-order chi connectivity index (χ1) is 15.2. The molecule has 149 valence electrons. The third kappa shape index (κ3) is 4.85. The zero-order chi connectivity index (χ0) is 21.5. The number of aromatic nitrogens is 1. The molecule has 0 fully saturated rings. The Balaban J connectivity index is 1.50. The number of nitrogens with one attached hydrogen (secondary N) is 1. The van der Waals surface area contributed by atoms with E-state index in [1.807, 2.05) is 91.0 Å². The molecule has 4 rings (SSSR count). The standard InChI is InChI=1S/C27H20N3O/c28-18-23-19-29-16-15-25(23)22-11-13-24(14-12-22)30-27(31)17-26(20-7-3-1-4-8-20)21-9-5-2-6-10-21/h1-17,19,26H,(H,30,31). The van der Waals surface area contributed by atoms with E-state index in [9.17, 15) is 10.1 Å². The van der Waals surface area contributed by atoms with Crippen molar-refractivity contribution in [2.24, 2.45) is 0 Å². The molecular formula is C27H20N3O. The zero-order valence-electron chi connectivity index (χ0n) is 16.8. The topological polar surface area (TPSA) is 65.8 Å². The fourth-order valence-electron chi connectivity index (χ4n) is 3.51. The number of carbonyl (C=O) groups excluding carboxylic acids is 1. The first-order valence-electron chi connectivity index (χ1n) is 9.95. The Bertz CT molecular complexity index is 1160. The summed E-state index contributed by atoms with van der Waals surface area (Å²) in [4.78, 5) is 16.8. The number of amides is 1. The highest BCUT2D eigenvalue weighted by molar-refractivity contribution is 5.98. The molecule has 1 N–H and O–H groups in total. The number of nitrogens with zero attached hydrogens (tertiary/aromatic N) is 2. The number of hydrogen-bond acceptors (Lipinski definition) is 3. The lowest BCUT2D eigenvalue weighted by molar-refractivity contribution is -0.113. The van der Waals surface area contributed by atoms with Crippen LogP contribution in [0.5, 0.6) is 0 Å². The molecule has 3 aromatic carbocycles. The smallest absolute Gasteiger partial charge is 0.229 e. The van der Waals surface area contributed by atoms with Crippen LogP contribution >= 0.6 is 0 Å². The van der Waals surface area contributed by atoms with E-state index in [4.69, 9.17) is 0 Å². The minimum absolute atomic E-state index is 0.142. The van der Waals surface area contributed by atoms with E-state index in [0.717, 1.165) is 22.3 Å². The molecule has 0 aliphatic rings. The highest BCUT2D eigenvalue weighted by Crippen LogP contribution is 2.28. The molecule has 0 aliphatic heterocycles. The van der Waals surface area contributed by atoms with Gasteiger partial charge in [-0.2, -0.15) is 5.26 Å². The van der Waals surface area contributed by atoms with E-state index >= 15 is 0 Å². The van der Waals surface area contributed by atoms with Crippen molar-refractivity contribution < 1.29 is 4.79 Å². The van der Waals surface area contributed by atoms with Gasteiger partial charge in [-0.1, -0.05) is 72.8 Å². The Kier molecular flexibility index (Phi) is 6.16. The third-order valence-electron chi connectivity index (χ3n) is 5.04.